The van der Waals surface area contributed by atoms with Gasteiger partial charge in [0, 0.05) is 12.0 Å². The molecule has 0 fully saturated rings. The Bertz CT molecular complexity index is 551. The SMILES string of the molecule is CC(Cl)c1nnc(-c2ccc3c(c2)CCO3)o1. The van der Waals surface area contributed by atoms with Crippen molar-refractivity contribution in [3.05, 3.63) is 29.7 Å². The van der Waals surface area contributed by atoms with E-state index in [1.807, 2.05) is 18.2 Å². The summed E-state index contributed by atoms with van der Waals surface area (Å²) in [4.78, 5) is 0. The molecule has 3 rings (SSSR count). The first-order chi connectivity index (χ1) is 8.24. The molecular weight excluding hydrogens is 240 g/mol. The Labute approximate surface area is 104 Å². The molecule has 0 amide bonds. The molecule has 1 aromatic carbocycles. The van der Waals surface area contributed by atoms with Crippen LogP contribution < -0.4 is 4.74 Å². The number of fused-ring (bicyclic) bond motifs is 1. The maximum Gasteiger partial charge on any atom is 0.247 e. The third-order valence-electron chi connectivity index (χ3n) is 2.72. The highest BCUT2D eigenvalue weighted by atomic mass is 35.5. The van der Waals surface area contributed by atoms with Gasteiger partial charge in [0.1, 0.15) is 11.1 Å². The van der Waals surface area contributed by atoms with Crippen LogP contribution in [0.3, 0.4) is 0 Å². The van der Waals surface area contributed by atoms with E-state index < -0.39 is 0 Å². The Morgan fingerprint density at radius 3 is 3.00 bits per heavy atom. The maximum atomic E-state index is 5.88. The van der Waals surface area contributed by atoms with E-state index in [9.17, 15) is 0 Å². The molecule has 0 aliphatic carbocycles. The van der Waals surface area contributed by atoms with E-state index in [0.717, 1.165) is 24.3 Å². The largest absolute Gasteiger partial charge is 0.493 e. The number of rotatable bonds is 2. The van der Waals surface area contributed by atoms with Crippen LogP contribution in [-0.2, 0) is 6.42 Å². The first kappa shape index (κ1) is 10.6. The normalized spacial score (nSPS) is 15.4. The van der Waals surface area contributed by atoms with E-state index in [0.29, 0.717) is 11.8 Å². The number of halogens is 1. The van der Waals surface area contributed by atoms with Crippen molar-refractivity contribution in [1.29, 1.82) is 0 Å². The molecule has 17 heavy (non-hydrogen) atoms. The van der Waals surface area contributed by atoms with Crippen LogP contribution in [0.1, 0.15) is 23.8 Å². The third-order valence-corrected chi connectivity index (χ3v) is 2.90. The Hall–Kier alpha value is -1.55. The van der Waals surface area contributed by atoms with E-state index in [-0.39, 0.29) is 5.38 Å². The van der Waals surface area contributed by atoms with Gasteiger partial charge in [-0.15, -0.1) is 21.8 Å². The van der Waals surface area contributed by atoms with E-state index in [1.54, 1.807) is 6.92 Å². The fourth-order valence-electron chi connectivity index (χ4n) is 1.83. The van der Waals surface area contributed by atoms with Gasteiger partial charge in [0.15, 0.2) is 0 Å². The average Bonchev–Trinajstić information content (AvgIpc) is 2.97. The molecule has 0 N–H and O–H groups in total. The first-order valence-electron chi connectivity index (χ1n) is 5.47. The predicted octanol–water partition coefficient (Wildman–Crippen LogP) is 2.97. The lowest BCUT2D eigenvalue weighted by Gasteiger charge is -2.00. The summed E-state index contributed by atoms with van der Waals surface area (Å²) in [5, 5.41) is 7.63. The first-order valence-corrected chi connectivity index (χ1v) is 5.91. The van der Waals surface area contributed by atoms with Crippen molar-refractivity contribution in [1.82, 2.24) is 10.2 Å². The molecule has 5 heteroatoms. The number of alkyl halides is 1. The number of benzene rings is 1. The molecule has 1 unspecified atom stereocenters. The summed E-state index contributed by atoms with van der Waals surface area (Å²) in [6.07, 6.45) is 0.927. The van der Waals surface area contributed by atoms with Crippen molar-refractivity contribution in [3.8, 4) is 17.2 Å². The van der Waals surface area contributed by atoms with Crippen LogP contribution in [0.4, 0.5) is 0 Å². The van der Waals surface area contributed by atoms with E-state index >= 15 is 0 Å². The van der Waals surface area contributed by atoms with Crippen LogP contribution in [0, 0.1) is 0 Å². The predicted molar refractivity (Wildman–Crippen MR) is 63.2 cm³/mol. The molecule has 1 aliphatic heterocycles. The van der Waals surface area contributed by atoms with Gasteiger partial charge in [-0.2, -0.15) is 0 Å². The van der Waals surface area contributed by atoms with Gasteiger partial charge in [-0.1, -0.05) is 0 Å². The number of hydrogen-bond acceptors (Lipinski definition) is 4. The number of nitrogens with zero attached hydrogens (tertiary/aromatic N) is 2. The zero-order chi connectivity index (χ0) is 11.8. The van der Waals surface area contributed by atoms with E-state index in [1.165, 1.54) is 5.56 Å². The van der Waals surface area contributed by atoms with Gasteiger partial charge in [-0.3, -0.25) is 0 Å². The van der Waals surface area contributed by atoms with Crippen LogP contribution in [0.15, 0.2) is 22.6 Å². The van der Waals surface area contributed by atoms with Gasteiger partial charge >= 0.3 is 0 Å². The quantitative estimate of drug-likeness (QED) is 0.769. The highest BCUT2D eigenvalue weighted by Crippen LogP contribution is 2.30. The third kappa shape index (κ3) is 1.89. The maximum absolute atomic E-state index is 5.88. The van der Waals surface area contributed by atoms with Gasteiger partial charge in [0.25, 0.3) is 0 Å². The van der Waals surface area contributed by atoms with Crippen molar-refractivity contribution < 1.29 is 9.15 Å². The van der Waals surface area contributed by atoms with Crippen LogP contribution in [-0.4, -0.2) is 16.8 Å². The summed E-state index contributed by atoms with van der Waals surface area (Å²) >= 11 is 5.88. The second kappa shape index (κ2) is 4.04. The highest BCUT2D eigenvalue weighted by molar-refractivity contribution is 6.20. The summed E-state index contributed by atoms with van der Waals surface area (Å²) in [6.45, 7) is 2.54. The van der Waals surface area contributed by atoms with Crippen LogP contribution in [0.5, 0.6) is 5.75 Å². The summed E-state index contributed by atoms with van der Waals surface area (Å²) < 4.78 is 10.9. The molecule has 1 aromatic heterocycles. The minimum atomic E-state index is -0.269. The molecule has 0 radical (unpaired) electrons. The summed E-state index contributed by atoms with van der Waals surface area (Å²) in [5.74, 6) is 1.89. The van der Waals surface area contributed by atoms with Crippen molar-refractivity contribution >= 4 is 11.6 Å². The molecule has 88 valence electrons. The molecular formula is C12H11ClN2O2. The lowest BCUT2D eigenvalue weighted by atomic mass is 10.1. The number of aromatic nitrogens is 2. The van der Waals surface area contributed by atoms with E-state index in [4.69, 9.17) is 20.8 Å². The Balaban J connectivity index is 1.97. The van der Waals surface area contributed by atoms with Gasteiger partial charge in [0.2, 0.25) is 11.8 Å². The molecule has 2 heterocycles. The van der Waals surface area contributed by atoms with Gasteiger partial charge in [-0.25, -0.2) is 0 Å². The zero-order valence-electron chi connectivity index (χ0n) is 9.31. The summed E-state index contributed by atoms with van der Waals surface area (Å²) in [5.41, 5.74) is 2.09. The Kier molecular flexibility index (Phi) is 2.52. The summed E-state index contributed by atoms with van der Waals surface area (Å²) in [7, 11) is 0. The number of ether oxygens (including phenoxy) is 1. The van der Waals surface area contributed by atoms with Crippen LogP contribution >= 0.6 is 11.6 Å². The summed E-state index contributed by atoms with van der Waals surface area (Å²) in [6, 6.07) is 5.88. The Morgan fingerprint density at radius 2 is 2.24 bits per heavy atom. The standard InChI is InChI=1S/C12H11ClN2O2/c1-7(13)11-14-15-12(17-11)9-2-3-10-8(6-9)4-5-16-10/h2-3,6-7H,4-5H2,1H3. The second-order valence-corrected chi connectivity index (χ2v) is 4.64. The van der Waals surface area contributed by atoms with E-state index in [2.05, 4.69) is 10.2 Å². The molecule has 0 saturated heterocycles. The number of hydrogen-bond donors (Lipinski definition) is 0. The van der Waals surface area contributed by atoms with Crippen LogP contribution in [0.2, 0.25) is 0 Å². The average molecular weight is 251 g/mol. The fourth-order valence-corrected chi connectivity index (χ4v) is 1.92. The van der Waals surface area contributed by atoms with Gasteiger partial charge < -0.3 is 9.15 Å². The van der Waals surface area contributed by atoms with Crippen molar-refractivity contribution in [2.24, 2.45) is 0 Å². The van der Waals surface area contributed by atoms with Crippen molar-refractivity contribution in [2.75, 3.05) is 6.61 Å². The molecule has 2 aromatic rings. The smallest absolute Gasteiger partial charge is 0.247 e. The molecule has 0 bridgehead atoms. The molecule has 1 aliphatic rings. The van der Waals surface area contributed by atoms with Gasteiger partial charge in [0.05, 0.1) is 6.61 Å². The fraction of sp³-hybridized carbons (Fsp3) is 0.333. The monoisotopic (exact) mass is 250 g/mol. The Morgan fingerprint density at radius 1 is 1.35 bits per heavy atom. The minimum Gasteiger partial charge on any atom is -0.493 e. The second-order valence-electron chi connectivity index (χ2n) is 3.98. The lowest BCUT2D eigenvalue weighted by molar-refractivity contribution is 0.357. The highest BCUT2D eigenvalue weighted by Gasteiger charge is 2.16. The minimum absolute atomic E-state index is 0.269. The molecule has 1 atom stereocenters. The topological polar surface area (TPSA) is 48.2 Å². The molecule has 4 nitrogen and oxygen atoms in total. The molecule has 0 saturated carbocycles. The lowest BCUT2D eigenvalue weighted by Crippen LogP contribution is -1.85. The van der Waals surface area contributed by atoms with Crippen molar-refractivity contribution in [2.45, 2.75) is 18.7 Å². The van der Waals surface area contributed by atoms with Crippen LogP contribution in [0.25, 0.3) is 11.5 Å². The molecule has 0 spiro atoms. The van der Waals surface area contributed by atoms with Crippen molar-refractivity contribution in [3.63, 3.8) is 0 Å². The van der Waals surface area contributed by atoms with Gasteiger partial charge in [-0.05, 0) is 30.7 Å². The zero-order valence-corrected chi connectivity index (χ0v) is 10.1.